The van der Waals surface area contributed by atoms with Crippen molar-refractivity contribution in [1.29, 1.82) is 0 Å². The largest absolute Gasteiger partial charge is 0.292 e. The van der Waals surface area contributed by atoms with Gasteiger partial charge in [0.15, 0.2) is 18.9 Å². The number of hydrogen-bond donors (Lipinski definition) is 0. The average molecular weight is 383 g/mol. The summed E-state index contributed by atoms with van der Waals surface area (Å²) in [6.07, 6.45) is 0. The number of Topliss-reactive ketones (excluding diaryl/α,β-unsaturated/α-hetero) is 1. The quantitative estimate of drug-likeness (QED) is 0.255. The average Bonchev–Trinajstić information content (AvgIpc) is 2.37. The molecule has 8 heteroatoms. The summed E-state index contributed by atoms with van der Waals surface area (Å²) in [5.74, 6) is -0.688. The van der Waals surface area contributed by atoms with E-state index in [-0.39, 0.29) is 17.0 Å². The number of ketones is 1. The minimum atomic E-state index is -3.47. The topological polar surface area (TPSA) is 94.3 Å². The summed E-state index contributed by atoms with van der Waals surface area (Å²) in [7, 11) is -3.47. The van der Waals surface area contributed by atoms with Crippen LogP contribution in [0, 0.1) is 10.1 Å². The number of nitro groups is 1. The molecular formula is C10H10INO5S. The molecule has 0 aliphatic heterocycles. The second-order valence-electron chi connectivity index (χ2n) is 3.44. The predicted molar refractivity (Wildman–Crippen MR) is 74.7 cm³/mol. The molecule has 0 saturated carbocycles. The third kappa shape index (κ3) is 3.25. The van der Waals surface area contributed by atoms with E-state index in [1.165, 1.54) is 31.2 Å². The Morgan fingerprint density at radius 3 is 2.28 bits per heavy atom. The van der Waals surface area contributed by atoms with Gasteiger partial charge in [-0.25, -0.2) is 8.42 Å². The van der Waals surface area contributed by atoms with Gasteiger partial charge in [0.05, 0.1) is 4.92 Å². The van der Waals surface area contributed by atoms with E-state index in [2.05, 4.69) is 0 Å². The minimum Gasteiger partial charge on any atom is -0.292 e. The van der Waals surface area contributed by atoms with Crippen molar-refractivity contribution in [2.45, 2.75) is 10.2 Å². The van der Waals surface area contributed by atoms with Gasteiger partial charge < -0.3 is 0 Å². The van der Waals surface area contributed by atoms with E-state index in [9.17, 15) is 23.3 Å². The van der Waals surface area contributed by atoms with Crippen LogP contribution in [0.25, 0.3) is 0 Å². The van der Waals surface area contributed by atoms with Gasteiger partial charge >= 0.3 is 0 Å². The van der Waals surface area contributed by atoms with Gasteiger partial charge in [0.2, 0.25) is 0 Å². The molecule has 1 atom stereocenters. The van der Waals surface area contributed by atoms with Crippen molar-refractivity contribution in [1.82, 2.24) is 0 Å². The van der Waals surface area contributed by atoms with E-state index in [0.29, 0.717) is 0 Å². The number of halogens is 1. The van der Waals surface area contributed by atoms with Crippen molar-refractivity contribution < 1.29 is 18.1 Å². The van der Waals surface area contributed by atoms with E-state index in [1.54, 1.807) is 22.6 Å². The number of sulfone groups is 1. The molecule has 0 aromatic heterocycles. The van der Waals surface area contributed by atoms with E-state index in [1.807, 2.05) is 0 Å². The third-order valence-electron chi connectivity index (χ3n) is 2.29. The van der Waals surface area contributed by atoms with Crippen LogP contribution in [0.1, 0.15) is 17.3 Å². The van der Waals surface area contributed by atoms with Crippen molar-refractivity contribution in [3.05, 3.63) is 39.9 Å². The molecule has 6 nitrogen and oxygen atoms in total. The first kappa shape index (κ1) is 15.0. The summed E-state index contributed by atoms with van der Waals surface area (Å²) >= 11 is 1.56. The molecule has 0 aliphatic carbocycles. The summed E-state index contributed by atoms with van der Waals surface area (Å²) in [6, 6.07) is 4.87. The molecule has 0 aliphatic rings. The SMILES string of the molecule is CCS(=O)(=O)C(I)C(=O)c1ccc([N+](=O)[O-])cc1. The van der Waals surface area contributed by atoms with E-state index >= 15 is 0 Å². The Balaban J connectivity index is 3.02. The summed E-state index contributed by atoms with van der Waals surface area (Å²) in [5.41, 5.74) is 0.00642. The van der Waals surface area contributed by atoms with E-state index in [0.717, 1.165) is 0 Å². The Bertz CT molecular complexity index is 566. The highest BCUT2D eigenvalue weighted by molar-refractivity contribution is 14.1. The molecule has 1 rings (SSSR count). The zero-order valence-corrected chi connectivity index (χ0v) is 12.3. The number of non-ortho nitro benzene ring substituents is 1. The number of carbonyl (C=O) groups excluding carboxylic acids is 1. The van der Waals surface area contributed by atoms with Crippen molar-refractivity contribution in [2.24, 2.45) is 0 Å². The first-order valence-electron chi connectivity index (χ1n) is 4.94. The van der Waals surface area contributed by atoms with Crippen LogP contribution in [0.4, 0.5) is 5.69 Å². The number of alkyl halides is 1. The number of nitro benzene ring substituents is 1. The molecule has 0 N–H and O–H groups in total. The molecule has 0 amide bonds. The van der Waals surface area contributed by atoms with Crippen LogP contribution in [0.15, 0.2) is 24.3 Å². The second kappa shape index (κ2) is 5.74. The normalized spacial score (nSPS) is 13.0. The molecule has 0 radical (unpaired) electrons. The van der Waals surface area contributed by atoms with Gasteiger partial charge in [-0.2, -0.15) is 0 Å². The lowest BCUT2D eigenvalue weighted by Gasteiger charge is -2.08. The van der Waals surface area contributed by atoms with Crippen LogP contribution in [0.2, 0.25) is 0 Å². The molecule has 0 saturated heterocycles. The molecule has 18 heavy (non-hydrogen) atoms. The monoisotopic (exact) mass is 383 g/mol. The van der Waals surface area contributed by atoms with Gasteiger partial charge in [0.1, 0.15) is 0 Å². The lowest BCUT2D eigenvalue weighted by atomic mass is 10.1. The van der Waals surface area contributed by atoms with E-state index < -0.39 is 23.8 Å². The molecular weight excluding hydrogens is 373 g/mol. The highest BCUT2D eigenvalue weighted by Crippen LogP contribution is 2.19. The van der Waals surface area contributed by atoms with Gasteiger partial charge in [0.25, 0.3) is 5.69 Å². The molecule has 1 aromatic carbocycles. The lowest BCUT2D eigenvalue weighted by Crippen LogP contribution is -2.25. The Labute approximate surface area is 118 Å². The summed E-state index contributed by atoms with van der Waals surface area (Å²) in [5, 5.41) is 10.4. The standard InChI is InChI=1S/C10H10INO5S/c1-2-18(16,17)10(11)9(13)7-3-5-8(6-4-7)12(14)15/h3-6,10H,2H2,1H3. The fourth-order valence-corrected chi connectivity index (χ4v) is 3.38. The van der Waals surface area contributed by atoms with Gasteiger partial charge in [-0.1, -0.05) is 29.5 Å². The maximum absolute atomic E-state index is 11.9. The van der Waals surface area contributed by atoms with Crippen LogP contribution in [0.3, 0.4) is 0 Å². The maximum atomic E-state index is 11.9. The molecule has 1 aromatic rings. The summed E-state index contributed by atoms with van der Waals surface area (Å²) < 4.78 is 21.9. The first-order chi connectivity index (χ1) is 8.29. The van der Waals surface area contributed by atoms with Gasteiger partial charge in [0, 0.05) is 23.4 Å². The highest BCUT2D eigenvalue weighted by atomic mass is 127. The third-order valence-corrected chi connectivity index (χ3v) is 6.83. The van der Waals surface area contributed by atoms with Gasteiger partial charge in [-0.05, 0) is 12.1 Å². The van der Waals surface area contributed by atoms with Crippen molar-refractivity contribution in [2.75, 3.05) is 5.75 Å². The fraction of sp³-hybridized carbons (Fsp3) is 0.300. The smallest absolute Gasteiger partial charge is 0.269 e. The highest BCUT2D eigenvalue weighted by Gasteiger charge is 2.29. The fourth-order valence-electron chi connectivity index (χ4n) is 1.19. The summed E-state index contributed by atoms with van der Waals surface area (Å²) in [6.45, 7) is 1.46. The van der Waals surface area contributed by atoms with E-state index in [4.69, 9.17) is 0 Å². The lowest BCUT2D eigenvalue weighted by molar-refractivity contribution is -0.384. The van der Waals surface area contributed by atoms with Crippen LogP contribution in [-0.2, 0) is 9.84 Å². The Morgan fingerprint density at radius 1 is 1.39 bits per heavy atom. The predicted octanol–water partition coefficient (Wildman–Crippen LogP) is 1.97. The Kier molecular flexibility index (Phi) is 4.79. The Hall–Kier alpha value is -1.03. The van der Waals surface area contributed by atoms with Crippen molar-refractivity contribution >= 4 is 43.9 Å². The number of benzene rings is 1. The van der Waals surface area contributed by atoms with Gasteiger partial charge in [-0.3, -0.25) is 14.9 Å². The number of nitrogens with zero attached hydrogens (tertiary/aromatic N) is 1. The number of hydrogen-bond acceptors (Lipinski definition) is 5. The molecule has 0 fully saturated rings. The number of rotatable bonds is 5. The maximum Gasteiger partial charge on any atom is 0.269 e. The molecule has 0 heterocycles. The molecule has 0 spiro atoms. The van der Waals surface area contributed by atoms with Crippen LogP contribution >= 0.6 is 22.6 Å². The zero-order valence-electron chi connectivity index (χ0n) is 9.37. The molecule has 0 bridgehead atoms. The summed E-state index contributed by atoms with van der Waals surface area (Å²) in [4.78, 5) is 21.7. The van der Waals surface area contributed by atoms with Crippen LogP contribution < -0.4 is 0 Å². The second-order valence-corrected chi connectivity index (χ2v) is 7.90. The molecule has 98 valence electrons. The van der Waals surface area contributed by atoms with Crippen LogP contribution in [-0.4, -0.2) is 28.1 Å². The van der Waals surface area contributed by atoms with Crippen molar-refractivity contribution in [3.63, 3.8) is 0 Å². The van der Waals surface area contributed by atoms with Crippen LogP contribution in [0.5, 0.6) is 0 Å². The number of carbonyl (C=O) groups is 1. The first-order valence-corrected chi connectivity index (χ1v) is 7.90. The molecule has 1 unspecified atom stereocenters. The minimum absolute atomic E-state index is 0.126. The zero-order chi connectivity index (χ0) is 13.9. The van der Waals surface area contributed by atoms with Gasteiger partial charge in [-0.15, -0.1) is 0 Å². The Morgan fingerprint density at radius 2 is 1.89 bits per heavy atom. The van der Waals surface area contributed by atoms with Crippen molar-refractivity contribution in [3.8, 4) is 0 Å².